The van der Waals surface area contributed by atoms with Gasteiger partial charge in [-0.25, -0.2) is 0 Å². The van der Waals surface area contributed by atoms with Crippen molar-refractivity contribution in [2.24, 2.45) is 0 Å². The second-order valence-corrected chi connectivity index (χ2v) is 6.35. The summed E-state index contributed by atoms with van der Waals surface area (Å²) in [6.45, 7) is 2.52. The standard InChI is InChI=1S/C18H21N3O2/c22-18(14-6-7-19-9-14)20-15-8-16-12-23-17(11-21(16)10-15)13-4-2-1-3-5-13/h1-7,9,15-17,19H,8,10-12H2,(H,20,22)/t15-,16+,17-/m1/s1. The Morgan fingerprint density at radius 2 is 2.09 bits per heavy atom. The lowest BCUT2D eigenvalue weighted by Gasteiger charge is -2.35. The lowest BCUT2D eigenvalue weighted by atomic mass is 10.1. The van der Waals surface area contributed by atoms with Crippen LogP contribution in [0.3, 0.4) is 0 Å². The molecule has 2 saturated heterocycles. The number of hydrogen-bond donors (Lipinski definition) is 2. The molecule has 2 N–H and O–H groups in total. The first-order valence-corrected chi connectivity index (χ1v) is 8.14. The summed E-state index contributed by atoms with van der Waals surface area (Å²) in [4.78, 5) is 17.5. The van der Waals surface area contributed by atoms with Crippen molar-refractivity contribution < 1.29 is 9.53 Å². The van der Waals surface area contributed by atoms with Crippen molar-refractivity contribution in [1.29, 1.82) is 0 Å². The Kier molecular flexibility index (Phi) is 3.89. The zero-order valence-corrected chi connectivity index (χ0v) is 12.9. The van der Waals surface area contributed by atoms with Gasteiger partial charge >= 0.3 is 0 Å². The monoisotopic (exact) mass is 311 g/mol. The number of morpholine rings is 1. The van der Waals surface area contributed by atoms with Crippen molar-refractivity contribution >= 4 is 5.91 Å². The fraction of sp³-hybridized carbons (Fsp3) is 0.389. The van der Waals surface area contributed by atoms with E-state index in [0.717, 1.165) is 26.1 Å². The maximum atomic E-state index is 12.2. The van der Waals surface area contributed by atoms with Crippen LogP contribution in [0.1, 0.15) is 28.4 Å². The van der Waals surface area contributed by atoms with E-state index < -0.39 is 0 Å². The van der Waals surface area contributed by atoms with Gasteiger partial charge in [-0.05, 0) is 18.1 Å². The van der Waals surface area contributed by atoms with Crippen molar-refractivity contribution in [3.63, 3.8) is 0 Å². The molecule has 3 atom stereocenters. The van der Waals surface area contributed by atoms with Gasteiger partial charge in [-0.15, -0.1) is 0 Å². The molecule has 2 aliphatic rings. The second kappa shape index (κ2) is 6.18. The molecule has 1 aromatic carbocycles. The highest BCUT2D eigenvalue weighted by molar-refractivity contribution is 5.94. The number of H-pyrrole nitrogens is 1. The maximum Gasteiger partial charge on any atom is 0.253 e. The highest BCUT2D eigenvalue weighted by Crippen LogP contribution is 2.30. The highest BCUT2D eigenvalue weighted by atomic mass is 16.5. The van der Waals surface area contributed by atoms with E-state index in [2.05, 4.69) is 39.5 Å². The van der Waals surface area contributed by atoms with Crippen molar-refractivity contribution in [3.8, 4) is 0 Å². The number of aromatic amines is 1. The number of ether oxygens (including phenoxy) is 1. The molecule has 2 aliphatic heterocycles. The van der Waals surface area contributed by atoms with Crippen LogP contribution in [0.2, 0.25) is 0 Å². The highest BCUT2D eigenvalue weighted by Gasteiger charge is 2.38. The van der Waals surface area contributed by atoms with Crippen molar-refractivity contribution in [1.82, 2.24) is 15.2 Å². The summed E-state index contributed by atoms with van der Waals surface area (Å²) in [5.41, 5.74) is 1.92. The van der Waals surface area contributed by atoms with Gasteiger partial charge < -0.3 is 15.0 Å². The normalized spacial score (nSPS) is 27.6. The van der Waals surface area contributed by atoms with Gasteiger partial charge in [0.25, 0.3) is 5.91 Å². The molecule has 2 fully saturated rings. The fourth-order valence-corrected chi connectivity index (χ4v) is 3.58. The molecule has 3 heterocycles. The van der Waals surface area contributed by atoms with E-state index in [-0.39, 0.29) is 18.1 Å². The molecule has 120 valence electrons. The summed E-state index contributed by atoms with van der Waals surface area (Å²) in [6.07, 6.45) is 4.58. The van der Waals surface area contributed by atoms with Crippen LogP contribution in [-0.2, 0) is 4.74 Å². The van der Waals surface area contributed by atoms with Crippen LogP contribution in [0.25, 0.3) is 0 Å². The molecule has 2 aromatic rings. The molecule has 0 unspecified atom stereocenters. The third-order valence-electron chi connectivity index (χ3n) is 4.78. The fourth-order valence-electron chi connectivity index (χ4n) is 3.58. The molecule has 1 aromatic heterocycles. The maximum absolute atomic E-state index is 12.2. The number of carbonyl (C=O) groups excluding carboxylic acids is 1. The Bertz CT molecular complexity index is 656. The average molecular weight is 311 g/mol. The van der Waals surface area contributed by atoms with Crippen LogP contribution < -0.4 is 5.32 Å². The molecule has 0 bridgehead atoms. The molecular formula is C18H21N3O2. The first-order chi connectivity index (χ1) is 11.3. The zero-order chi connectivity index (χ0) is 15.6. The minimum absolute atomic E-state index is 0.00313. The van der Waals surface area contributed by atoms with Crippen LogP contribution >= 0.6 is 0 Å². The summed E-state index contributed by atoms with van der Waals surface area (Å²) < 4.78 is 6.04. The number of benzene rings is 1. The number of amides is 1. The van der Waals surface area contributed by atoms with Crippen LogP contribution in [0.5, 0.6) is 0 Å². The van der Waals surface area contributed by atoms with E-state index in [9.17, 15) is 4.79 Å². The summed E-state index contributed by atoms with van der Waals surface area (Å²) in [6, 6.07) is 12.8. The van der Waals surface area contributed by atoms with E-state index in [1.807, 2.05) is 6.07 Å². The molecule has 0 spiro atoms. The Balaban J connectivity index is 1.37. The van der Waals surface area contributed by atoms with Gasteiger partial charge in [-0.3, -0.25) is 9.69 Å². The van der Waals surface area contributed by atoms with Gasteiger partial charge in [0.1, 0.15) is 0 Å². The number of nitrogens with zero attached hydrogens (tertiary/aromatic N) is 1. The molecule has 1 amide bonds. The van der Waals surface area contributed by atoms with Crippen molar-refractivity contribution in [2.45, 2.75) is 24.6 Å². The van der Waals surface area contributed by atoms with Crippen LogP contribution in [0, 0.1) is 0 Å². The Hall–Kier alpha value is -2.11. The predicted octanol–water partition coefficient (Wildman–Crippen LogP) is 1.96. The first-order valence-electron chi connectivity index (χ1n) is 8.14. The molecular weight excluding hydrogens is 290 g/mol. The first kappa shape index (κ1) is 14.5. The molecule has 5 nitrogen and oxygen atoms in total. The topological polar surface area (TPSA) is 57.4 Å². The number of aromatic nitrogens is 1. The van der Waals surface area contributed by atoms with Crippen molar-refractivity contribution in [2.75, 3.05) is 19.7 Å². The number of hydrogen-bond acceptors (Lipinski definition) is 3. The smallest absolute Gasteiger partial charge is 0.253 e. The van der Waals surface area contributed by atoms with E-state index in [0.29, 0.717) is 11.6 Å². The van der Waals surface area contributed by atoms with E-state index >= 15 is 0 Å². The van der Waals surface area contributed by atoms with Gasteiger partial charge in [-0.2, -0.15) is 0 Å². The predicted molar refractivity (Wildman–Crippen MR) is 87.2 cm³/mol. The Labute approximate surface area is 135 Å². The molecule has 5 heteroatoms. The Morgan fingerprint density at radius 3 is 2.87 bits per heavy atom. The number of rotatable bonds is 3. The third-order valence-corrected chi connectivity index (χ3v) is 4.78. The largest absolute Gasteiger partial charge is 0.371 e. The van der Waals surface area contributed by atoms with Crippen molar-refractivity contribution in [3.05, 3.63) is 59.9 Å². The van der Waals surface area contributed by atoms with Crippen LogP contribution in [0.4, 0.5) is 0 Å². The van der Waals surface area contributed by atoms with Gasteiger partial charge in [0.05, 0.1) is 18.3 Å². The second-order valence-electron chi connectivity index (χ2n) is 6.35. The minimum atomic E-state index is -0.00313. The molecule has 23 heavy (non-hydrogen) atoms. The van der Waals surface area contributed by atoms with E-state index in [1.165, 1.54) is 5.56 Å². The third kappa shape index (κ3) is 3.02. The minimum Gasteiger partial charge on any atom is -0.371 e. The molecule has 0 radical (unpaired) electrons. The van der Waals surface area contributed by atoms with Crippen LogP contribution in [0.15, 0.2) is 48.8 Å². The quantitative estimate of drug-likeness (QED) is 0.911. The van der Waals surface area contributed by atoms with Gasteiger partial charge in [-0.1, -0.05) is 30.3 Å². The molecule has 4 rings (SSSR count). The summed E-state index contributed by atoms with van der Waals surface area (Å²) in [7, 11) is 0. The van der Waals surface area contributed by atoms with Gasteiger partial charge in [0, 0.05) is 37.6 Å². The number of fused-ring (bicyclic) bond motifs is 1. The number of carbonyl (C=O) groups is 1. The van der Waals surface area contributed by atoms with E-state index in [4.69, 9.17) is 4.74 Å². The van der Waals surface area contributed by atoms with Gasteiger partial charge in [0.15, 0.2) is 0 Å². The zero-order valence-electron chi connectivity index (χ0n) is 12.9. The SMILES string of the molecule is O=C(N[C@@H]1C[C@H]2CO[C@@H](c3ccccc3)CN2C1)c1cc[nH]c1. The van der Waals surface area contributed by atoms with Gasteiger partial charge in [0.2, 0.25) is 0 Å². The summed E-state index contributed by atoms with van der Waals surface area (Å²) in [5.74, 6) is -0.00313. The lowest BCUT2D eigenvalue weighted by Crippen LogP contribution is -2.43. The number of nitrogens with one attached hydrogen (secondary N) is 2. The van der Waals surface area contributed by atoms with E-state index in [1.54, 1.807) is 18.5 Å². The van der Waals surface area contributed by atoms with Crippen LogP contribution in [-0.4, -0.2) is 47.6 Å². The molecule has 0 aliphatic carbocycles. The summed E-state index contributed by atoms with van der Waals surface area (Å²) >= 11 is 0. The lowest BCUT2D eigenvalue weighted by molar-refractivity contribution is -0.0502. The summed E-state index contributed by atoms with van der Waals surface area (Å²) in [5, 5.41) is 3.14. The Morgan fingerprint density at radius 1 is 1.22 bits per heavy atom. The average Bonchev–Trinajstić information content (AvgIpc) is 3.24. The molecule has 0 saturated carbocycles.